The molecule has 0 heterocycles. The third-order valence-electron chi connectivity index (χ3n) is 6.08. The number of hydrogen-bond donors (Lipinski definition) is 1. The maximum absolute atomic E-state index is 11.2. The van der Waals surface area contributed by atoms with Crippen LogP contribution in [-0.2, 0) is 23.0 Å². The summed E-state index contributed by atoms with van der Waals surface area (Å²) in [6, 6.07) is 6.17. The second kappa shape index (κ2) is 17.4. The van der Waals surface area contributed by atoms with Crippen LogP contribution in [0.5, 0.6) is 5.75 Å². The van der Waals surface area contributed by atoms with Gasteiger partial charge in [-0.15, -0.1) is 0 Å². The Morgan fingerprint density at radius 3 is 1.81 bits per heavy atom. The van der Waals surface area contributed by atoms with Crippen LogP contribution in [0, 0.1) is 0 Å². The quantitative estimate of drug-likeness (QED) is 0.156. The van der Waals surface area contributed by atoms with E-state index < -0.39 is 16.2 Å². The zero-order valence-corrected chi connectivity index (χ0v) is 21.7. The lowest BCUT2D eigenvalue weighted by Crippen LogP contribution is -2.23. The van der Waals surface area contributed by atoms with E-state index in [1.54, 1.807) is 6.92 Å². The predicted octanol–water partition coefficient (Wildman–Crippen LogP) is 7.93. The van der Waals surface area contributed by atoms with E-state index in [2.05, 4.69) is 19.9 Å². The van der Waals surface area contributed by atoms with Gasteiger partial charge in [0.25, 0.3) is 10.1 Å². The highest BCUT2D eigenvalue weighted by atomic mass is 32.2. The van der Waals surface area contributed by atoms with E-state index in [1.807, 2.05) is 12.1 Å². The maximum Gasteiger partial charge on any atom is 0.268 e. The molecule has 0 aliphatic rings. The molecule has 0 saturated carbocycles. The van der Waals surface area contributed by atoms with Gasteiger partial charge in [0.2, 0.25) is 0 Å². The highest BCUT2D eigenvalue weighted by Crippen LogP contribution is 2.28. The van der Waals surface area contributed by atoms with Crippen LogP contribution >= 0.6 is 0 Å². The molecule has 0 aromatic heterocycles. The number of unbranched alkanes of at least 4 members (excludes halogenated alkanes) is 12. The van der Waals surface area contributed by atoms with Crippen LogP contribution in [0.25, 0.3) is 0 Å². The smallest absolute Gasteiger partial charge is 0.268 e. The molecule has 0 bridgehead atoms. The molecule has 0 radical (unpaired) electrons. The molecule has 1 aromatic rings. The summed E-state index contributed by atoms with van der Waals surface area (Å²) in [5, 5.41) is 0. The molecule has 5 heteroatoms. The van der Waals surface area contributed by atoms with Crippen LogP contribution in [-0.4, -0.2) is 24.8 Å². The Morgan fingerprint density at radius 1 is 0.781 bits per heavy atom. The van der Waals surface area contributed by atoms with Crippen LogP contribution < -0.4 is 4.74 Å². The molecule has 0 aliphatic carbocycles. The van der Waals surface area contributed by atoms with E-state index in [0.717, 1.165) is 25.0 Å². The summed E-state index contributed by atoms with van der Waals surface area (Å²) in [5.41, 5.74) is 2.57. The van der Waals surface area contributed by atoms with Crippen LogP contribution in [0.1, 0.15) is 122 Å². The van der Waals surface area contributed by atoms with Gasteiger partial charge in [-0.3, -0.25) is 4.55 Å². The van der Waals surface area contributed by atoms with Crippen molar-refractivity contribution in [3.8, 4) is 5.75 Å². The molecule has 1 unspecified atom stereocenters. The average molecular weight is 469 g/mol. The predicted molar refractivity (Wildman–Crippen MR) is 136 cm³/mol. The molecule has 32 heavy (non-hydrogen) atoms. The van der Waals surface area contributed by atoms with Crippen molar-refractivity contribution < 1.29 is 17.7 Å². The fourth-order valence-electron chi connectivity index (χ4n) is 4.32. The monoisotopic (exact) mass is 468 g/mol. The van der Waals surface area contributed by atoms with E-state index in [4.69, 9.17) is 9.29 Å². The minimum atomic E-state index is -4.05. The Bertz CT molecular complexity index is 700. The summed E-state index contributed by atoms with van der Waals surface area (Å²) in [6.07, 6.45) is 19.3. The third kappa shape index (κ3) is 14.2. The summed E-state index contributed by atoms with van der Waals surface area (Å²) in [6.45, 7) is 6.19. The second-order valence-electron chi connectivity index (χ2n) is 9.31. The molecular weight excluding hydrogens is 420 g/mol. The van der Waals surface area contributed by atoms with Gasteiger partial charge in [0.05, 0.1) is 0 Å². The summed E-state index contributed by atoms with van der Waals surface area (Å²) in [5.74, 6) is 0.402. The fourth-order valence-corrected chi connectivity index (χ4v) is 4.98. The van der Waals surface area contributed by atoms with E-state index in [0.29, 0.717) is 0 Å². The Balaban J connectivity index is 2.69. The minimum absolute atomic E-state index is 0.383. The molecule has 1 rings (SSSR count). The third-order valence-corrected chi connectivity index (χ3v) is 6.97. The van der Waals surface area contributed by atoms with E-state index in [1.165, 1.54) is 94.6 Å². The molecular formula is C27H48O4S. The standard InChI is InChI=1S/C27H48O4S/c1-4-6-8-10-12-14-16-19-25-20-18-22-27(31-24(3)23-32(28,29)30)26(25)21-17-15-13-11-9-7-5-2/h18,20,22,24H,4-17,19,21,23H2,1-3H3,(H,28,29,30). The number of aryl methyl sites for hydroxylation is 1. The lowest BCUT2D eigenvalue weighted by atomic mass is 9.95. The lowest BCUT2D eigenvalue weighted by Gasteiger charge is -2.19. The van der Waals surface area contributed by atoms with Gasteiger partial charge in [-0.1, -0.05) is 103 Å². The second-order valence-corrected chi connectivity index (χ2v) is 10.8. The Hall–Kier alpha value is -1.07. The fraction of sp³-hybridized carbons (Fsp3) is 0.778. The number of rotatable bonds is 20. The Kier molecular flexibility index (Phi) is 15.8. The summed E-state index contributed by atoms with van der Waals surface area (Å²) in [4.78, 5) is 0. The van der Waals surface area contributed by atoms with Gasteiger partial charge in [-0.05, 0) is 49.8 Å². The van der Waals surface area contributed by atoms with Crippen LogP contribution in [0.15, 0.2) is 18.2 Å². The normalized spacial score (nSPS) is 12.8. The van der Waals surface area contributed by atoms with Crippen molar-refractivity contribution in [3.63, 3.8) is 0 Å². The first kappa shape index (κ1) is 29.0. The van der Waals surface area contributed by atoms with Crippen LogP contribution in [0.4, 0.5) is 0 Å². The zero-order chi connectivity index (χ0) is 23.7. The summed E-state index contributed by atoms with van der Waals surface area (Å²) < 4.78 is 37.7. The van der Waals surface area contributed by atoms with Gasteiger partial charge in [0, 0.05) is 0 Å². The van der Waals surface area contributed by atoms with Crippen molar-refractivity contribution in [3.05, 3.63) is 29.3 Å². The SMILES string of the molecule is CCCCCCCCCc1cccc(OC(C)CS(=O)(=O)O)c1CCCCCCCCC. The molecule has 186 valence electrons. The van der Waals surface area contributed by atoms with Crippen molar-refractivity contribution in [1.29, 1.82) is 0 Å². The molecule has 1 N–H and O–H groups in total. The van der Waals surface area contributed by atoms with Gasteiger partial charge in [0.15, 0.2) is 0 Å². The first-order valence-corrected chi connectivity index (χ1v) is 14.7. The van der Waals surface area contributed by atoms with Crippen LogP contribution in [0.2, 0.25) is 0 Å². The topological polar surface area (TPSA) is 63.6 Å². The Labute approximate surface area is 198 Å². The van der Waals surface area contributed by atoms with Crippen LogP contribution in [0.3, 0.4) is 0 Å². The number of ether oxygens (including phenoxy) is 1. The highest BCUT2D eigenvalue weighted by molar-refractivity contribution is 7.85. The highest BCUT2D eigenvalue weighted by Gasteiger charge is 2.17. The average Bonchev–Trinajstić information content (AvgIpc) is 2.72. The largest absolute Gasteiger partial charge is 0.489 e. The molecule has 0 amide bonds. The molecule has 0 fully saturated rings. The zero-order valence-electron chi connectivity index (χ0n) is 20.9. The van der Waals surface area contributed by atoms with Gasteiger partial charge < -0.3 is 4.74 Å². The number of benzene rings is 1. The molecule has 4 nitrogen and oxygen atoms in total. The molecule has 0 saturated heterocycles. The van der Waals surface area contributed by atoms with E-state index in [9.17, 15) is 8.42 Å². The molecule has 0 spiro atoms. The summed E-state index contributed by atoms with van der Waals surface area (Å²) in [7, 11) is -4.05. The minimum Gasteiger partial charge on any atom is -0.489 e. The molecule has 0 aliphatic heterocycles. The first-order chi connectivity index (χ1) is 15.4. The van der Waals surface area contributed by atoms with Crippen molar-refractivity contribution in [1.82, 2.24) is 0 Å². The van der Waals surface area contributed by atoms with Crippen molar-refractivity contribution in [2.45, 2.75) is 130 Å². The molecule has 1 atom stereocenters. The van der Waals surface area contributed by atoms with Gasteiger partial charge in [0.1, 0.15) is 17.6 Å². The molecule has 1 aromatic carbocycles. The van der Waals surface area contributed by atoms with Crippen molar-refractivity contribution >= 4 is 10.1 Å². The van der Waals surface area contributed by atoms with E-state index in [-0.39, 0.29) is 5.75 Å². The van der Waals surface area contributed by atoms with Gasteiger partial charge in [-0.25, -0.2) is 0 Å². The lowest BCUT2D eigenvalue weighted by molar-refractivity contribution is 0.238. The van der Waals surface area contributed by atoms with Crippen molar-refractivity contribution in [2.24, 2.45) is 0 Å². The number of hydrogen-bond acceptors (Lipinski definition) is 3. The van der Waals surface area contributed by atoms with Gasteiger partial charge in [-0.2, -0.15) is 8.42 Å². The Morgan fingerprint density at radius 2 is 1.28 bits per heavy atom. The van der Waals surface area contributed by atoms with Gasteiger partial charge >= 0.3 is 0 Å². The first-order valence-electron chi connectivity index (χ1n) is 13.1. The maximum atomic E-state index is 11.2. The van der Waals surface area contributed by atoms with E-state index >= 15 is 0 Å². The summed E-state index contributed by atoms with van der Waals surface area (Å²) >= 11 is 0. The van der Waals surface area contributed by atoms with Crippen molar-refractivity contribution in [2.75, 3.05) is 5.75 Å².